The molecule has 1 aromatic carbocycles. The van der Waals surface area contributed by atoms with Crippen LogP contribution < -0.4 is 15.8 Å². The Morgan fingerprint density at radius 2 is 1.60 bits per heavy atom. The van der Waals surface area contributed by atoms with Gasteiger partial charge in [-0.25, -0.2) is 0 Å². The largest absolute Gasteiger partial charge is 0.494 e. The number of amides is 4. The highest BCUT2D eigenvalue weighted by atomic mass is 16.5. The average Bonchev–Trinajstić information content (AvgIpc) is 2.97. The number of piperidine rings is 1. The molecule has 0 aliphatic carbocycles. The fourth-order valence-electron chi connectivity index (χ4n) is 3.86. The monoisotopic (exact) mass is 415 g/mol. The molecule has 2 heterocycles. The number of hydrogen-bond donors (Lipinski definition) is 2. The molecule has 2 aliphatic heterocycles. The predicted octanol–water partition coefficient (Wildman–Crippen LogP) is 2.16. The molecular formula is C22H29N3O5. The quantitative estimate of drug-likeness (QED) is 0.422. The number of nitrogens with zero attached hydrogens (tertiary/aromatic N) is 1. The highest BCUT2D eigenvalue weighted by molar-refractivity contribution is 6.23. The van der Waals surface area contributed by atoms with Crippen LogP contribution in [0, 0.1) is 0 Å². The van der Waals surface area contributed by atoms with Crippen LogP contribution in [-0.2, 0) is 9.59 Å². The summed E-state index contributed by atoms with van der Waals surface area (Å²) >= 11 is 0. The molecule has 0 saturated carbocycles. The second-order valence-corrected chi connectivity index (χ2v) is 7.77. The summed E-state index contributed by atoms with van der Waals surface area (Å²) in [5.41, 5.74) is 5.98. The highest BCUT2D eigenvalue weighted by Crippen LogP contribution is 2.30. The zero-order chi connectivity index (χ0) is 21.5. The summed E-state index contributed by atoms with van der Waals surface area (Å²) < 4.78 is 5.75. The summed E-state index contributed by atoms with van der Waals surface area (Å²) in [7, 11) is 0. The van der Waals surface area contributed by atoms with E-state index in [4.69, 9.17) is 10.5 Å². The molecule has 8 heteroatoms. The van der Waals surface area contributed by atoms with Crippen LogP contribution in [-0.4, -0.2) is 47.7 Å². The van der Waals surface area contributed by atoms with Crippen molar-refractivity contribution in [2.24, 2.45) is 5.73 Å². The van der Waals surface area contributed by atoms with Crippen molar-refractivity contribution >= 4 is 23.6 Å². The molecule has 1 aromatic rings. The number of nitrogens with one attached hydrogen (secondary N) is 1. The van der Waals surface area contributed by atoms with Gasteiger partial charge in [0.25, 0.3) is 11.8 Å². The smallest absolute Gasteiger partial charge is 0.262 e. The molecule has 1 unspecified atom stereocenters. The molecule has 1 fully saturated rings. The maximum atomic E-state index is 12.8. The van der Waals surface area contributed by atoms with Crippen molar-refractivity contribution in [2.45, 2.75) is 63.8 Å². The van der Waals surface area contributed by atoms with Gasteiger partial charge >= 0.3 is 0 Å². The number of ether oxygens (including phenoxy) is 1. The number of unbranched alkanes of at least 4 members (excludes halogenated alkanes) is 6. The topological polar surface area (TPSA) is 119 Å². The molecule has 0 spiro atoms. The minimum atomic E-state index is -0.954. The summed E-state index contributed by atoms with van der Waals surface area (Å²) in [5.74, 6) is -1.50. The summed E-state index contributed by atoms with van der Waals surface area (Å²) in [4.78, 5) is 49.8. The van der Waals surface area contributed by atoms with Crippen molar-refractivity contribution in [3.63, 3.8) is 0 Å². The van der Waals surface area contributed by atoms with E-state index in [1.165, 1.54) is 19.3 Å². The van der Waals surface area contributed by atoms with Gasteiger partial charge in [0, 0.05) is 6.42 Å². The Bertz CT molecular complexity index is 823. The average molecular weight is 415 g/mol. The van der Waals surface area contributed by atoms with E-state index in [0.717, 1.165) is 37.1 Å². The number of hydrogen-bond acceptors (Lipinski definition) is 6. The first-order valence-electron chi connectivity index (χ1n) is 10.7. The van der Waals surface area contributed by atoms with E-state index in [9.17, 15) is 19.2 Å². The number of imide groups is 2. The summed E-state index contributed by atoms with van der Waals surface area (Å²) in [6, 6.07) is 3.84. The zero-order valence-electron chi connectivity index (χ0n) is 17.2. The van der Waals surface area contributed by atoms with E-state index in [1.807, 2.05) is 0 Å². The van der Waals surface area contributed by atoms with E-state index >= 15 is 0 Å². The molecule has 0 radical (unpaired) electrons. The van der Waals surface area contributed by atoms with Gasteiger partial charge in [-0.2, -0.15) is 0 Å². The van der Waals surface area contributed by atoms with Crippen LogP contribution in [0.1, 0.15) is 78.5 Å². The summed E-state index contributed by atoms with van der Waals surface area (Å²) in [6.07, 6.45) is 8.09. The van der Waals surface area contributed by atoms with Gasteiger partial charge in [-0.1, -0.05) is 32.1 Å². The van der Waals surface area contributed by atoms with Crippen LogP contribution >= 0.6 is 0 Å². The van der Waals surface area contributed by atoms with Gasteiger partial charge < -0.3 is 10.5 Å². The van der Waals surface area contributed by atoms with Gasteiger partial charge in [0.2, 0.25) is 11.8 Å². The third kappa shape index (κ3) is 5.05. The lowest BCUT2D eigenvalue weighted by Crippen LogP contribution is -2.54. The van der Waals surface area contributed by atoms with E-state index in [1.54, 1.807) is 18.2 Å². The molecule has 0 bridgehead atoms. The van der Waals surface area contributed by atoms with E-state index < -0.39 is 23.8 Å². The number of benzene rings is 1. The minimum absolute atomic E-state index is 0.102. The van der Waals surface area contributed by atoms with E-state index in [2.05, 4.69) is 5.32 Å². The van der Waals surface area contributed by atoms with E-state index in [-0.39, 0.29) is 29.9 Å². The van der Waals surface area contributed by atoms with Crippen LogP contribution in [0.2, 0.25) is 0 Å². The Balaban J connectivity index is 1.50. The SMILES string of the molecule is NCCCCCCCCCOc1ccc2c(c1)C(=O)N(C1CCC(=O)NC1=O)C2=O. The first-order chi connectivity index (χ1) is 14.5. The van der Waals surface area contributed by atoms with Gasteiger partial charge in [0.15, 0.2) is 0 Å². The van der Waals surface area contributed by atoms with Crippen LogP contribution in [0.4, 0.5) is 0 Å². The number of carbonyl (C=O) groups is 4. The lowest BCUT2D eigenvalue weighted by Gasteiger charge is -2.27. The second kappa shape index (κ2) is 10.3. The second-order valence-electron chi connectivity index (χ2n) is 7.77. The van der Waals surface area contributed by atoms with Crippen LogP contribution in [0.25, 0.3) is 0 Å². The Morgan fingerprint density at radius 3 is 2.30 bits per heavy atom. The molecule has 3 rings (SSSR count). The van der Waals surface area contributed by atoms with Crippen molar-refractivity contribution in [3.05, 3.63) is 29.3 Å². The van der Waals surface area contributed by atoms with E-state index in [0.29, 0.717) is 12.4 Å². The summed E-state index contributed by atoms with van der Waals surface area (Å²) in [5, 5.41) is 2.19. The summed E-state index contributed by atoms with van der Waals surface area (Å²) in [6.45, 7) is 1.30. The van der Waals surface area contributed by atoms with Crippen molar-refractivity contribution < 1.29 is 23.9 Å². The van der Waals surface area contributed by atoms with Crippen molar-refractivity contribution in [3.8, 4) is 5.75 Å². The Labute approximate surface area is 176 Å². The number of carbonyl (C=O) groups excluding carboxylic acids is 4. The third-order valence-corrected chi connectivity index (χ3v) is 5.53. The van der Waals surface area contributed by atoms with Crippen molar-refractivity contribution in [2.75, 3.05) is 13.2 Å². The first-order valence-corrected chi connectivity index (χ1v) is 10.7. The van der Waals surface area contributed by atoms with Gasteiger partial charge in [0.05, 0.1) is 17.7 Å². The van der Waals surface area contributed by atoms with Crippen LogP contribution in [0.15, 0.2) is 18.2 Å². The van der Waals surface area contributed by atoms with Gasteiger partial charge in [0.1, 0.15) is 11.8 Å². The van der Waals surface area contributed by atoms with Gasteiger partial charge in [-0.15, -0.1) is 0 Å². The van der Waals surface area contributed by atoms with Gasteiger partial charge in [-0.05, 0) is 44.0 Å². The maximum Gasteiger partial charge on any atom is 0.262 e. The molecule has 8 nitrogen and oxygen atoms in total. The molecule has 30 heavy (non-hydrogen) atoms. The highest BCUT2D eigenvalue weighted by Gasteiger charge is 2.44. The molecular weight excluding hydrogens is 386 g/mol. The lowest BCUT2D eigenvalue weighted by molar-refractivity contribution is -0.136. The Kier molecular flexibility index (Phi) is 7.57. The van der Waals surface area contributed by atoms with Crippen LogP contribution in [0.3, 0.4) is 0 Å². The first kappa shape index (κ1) is 22.0. The fourth-order valence-corrected chi connectivity index (χ4v) is 3.86. The third-order valence-electron chi connectivity index (χ3n) is 5.53. The number of nitrogens with two attached hydrogens (primary N) is 1. The molecule has 2 aliphatic rings. The lowest BCUT2D eigenvalue weighted by atomic mass is 10.0. The Hall–Kier alpha value is -2.74. The predicted molar refractivity (Wildman–Crippen MR) is 110 cm³/mol. The normalized spacial score (nSPS) is 18.6. The fraction of sp³-hybridized carbons (Fsp3) is 0.545. The number of fused-ring (bicyclic) bond motifs is 1. The molecule has 1 saturated heterocycles. The minimum Gasteiger partial charge on any atom is -0.494 e. The van der Waals surface area contributed by atoms with Gasteiger partial charge in [-0.3, -0.25) is 29.4 Å². The number of rotatable bonds is 11. The maximum absolute atomic E-state index is 12.8. The van der Waals surface area contributed by atoms with Crippen molar-refractivity contribution in [1.82, 2.24) is 10.2 Å². The van der Waals surface area contributed by atoms with Crippen molar-refractivity contribution in [1.29, 1.82) is 0 Å². The molecule has 1 atom stereocenters. The molecule has 4 amide bonds. The standard InChI is InChI=1S/C22H29N3O5/c23-12-6-4-2-1-3-5-7-13-30-15-8-9-16-17(14-15)22(29)25(21(16)28)18-10-11-19(26)24-20(18)27/h8-9,14,18H,1-7,10-13,23H2,(H,24,26,27). The zero-order valence-corrected chi connectivity index (χ0v) is 17.2. The molecule has 162 valence electrons. The Morgan fingerprint density at radius 1 is 0.933 bits per heavy atom. The van der Waals surface area contributed by atoms with Crippen LogP contribution in [0.5, 0.6) is 5.75 Å². The molecule has 0 aromatic heterocycles. The molecule has 3 N–H and O–H groups in total.